The Morgan fingerprint density at radius 1 is 0.417 bits per heavy atom. The summed E-state index contributed by atoms with van der Waals surface area (Å²) in [5.74, 6) is 0. The van der Waals surface area contributed by atoms with E-state index in [1.165, 1.54) is 10.8 Å². The van der Waals surface area contributed by atoms with E-state index in [0.29, 0.717) is 11.1 Å². The topological polar surface area (TPSA) is 57.4 Å². The lowest BCUT2D eigenvalue weighted by atomic mass is 9.90. The van der Waals surface area contributed by atoms with Crippen molar-refractivity contribution in [2.45, 2.75) is 0 Å². The van der Waals surface area contributed by atoms with Crippen LogP contribution in [0.1, 0.15) is 11.1 Å². The van der Waals surface area contributed by atoms with Crippen molar-refractivity contribution in [3.8, 4) is 45.8 Å². The molecule has 7 aromatic carbocycles. The molecule has 0 aliphatic carbocycles. The van der Waals surface area contributed by atoms with Crippen molar-refractivity contribution in [2.75, 3.05) is 0 Å². The van der Waals surface area contributed by atoms with Crippen LogP contribution in [0, 0.1) is 22.7 Å². The van der Waals surface area contributed by atoms with Crippen molar-refractivity contribution in [3.05, 3.63) is 169 Å². The number of hydrogen-bond donors (Lipinski definition) is 0. The Hall–Kier alpha value is -6.88. The average molecular weight is 611 g/mol. The van der Waals surface area contributed by atoms with Crippen molar-refractivity contribution in [2.24, 2.45) is 0 Å². The second-order valence-electron chi connectivity index (χ2n) is 11.9. The van der Waals surface area contributed by atoms with E-state index in [0.717, 1.165) is 66.5 Å². The zero-order valence-electron chi connectivity index (χ0n) is 25.8. The second kappa shape index (κ2) is 10.9. The molecule has 0 saturated heterocycles. The van der Waals surface area contributed by atoms with Gasteiger partial charge < -0.3 is 9.13 Å². The van der Waals surface area contributed by atoms with Crippen LogP contribution in [0.15, 0.2) is 158 Å². The third-order valence-electron chi connectivity index (χ3n) is 9.40. The molecule has 9 rings (SSSR count). The summed E-state index contributed by atoms with van der Waals surface area (Å²) in [6.45, 7) is 0. The molecule has 0 aliphatic heterocycles. The van der Waals surface area contributed by atoms with Gasteiger partial charge in [0.25, 0.3) is 0 Å². The van der Waals surface area contributed by atoms with E-state index in [2.05, 4.69) is 130 Å². The summed E-state index contributed by atoms with van der Waals surface area (Å²) in [6.07, 6.45) is 0. The van der Waals surface area contributed by atoms with Crippen molar-refractivity contribution in [1.82, 2.24) is 9.13 Å². The van der Waals surface area contributed by atoms with E-state index in [1.54, 1.807) is 0 Å². The highest BCUT2D eigenvalue weighted by atomic mass is 15.0. The van der Waals surface area contributed by atoms with Gasteiger partial charge in [0.05, 0.1) is 50.6 Å². The molecule has 0 atom stereocenters. The highest BCUT2D eigenvalue weighted by molar-refractivity contribution is 6.12. The lowest BCUT2D eigenvalue weighted by Gasteiger charge is -2.21. The standard InChI is InChI=1S/C44H26N4/c45-27-29-24-25-41-37(26-29)34-17-6-9-22-40(34)48(41)44-31(28-46)14-10-19-36(44)35-18-11-23-42(43(35)30-12-2-1-3-13-30)47-38-20-7-4-15-32(38)33-16-5-8-21-39(33)47/h1-26H. The summed E-state index contributed by atoms with van der Waals surface area (Å²) in [5, 5.41) is 24.8. The maximum absolute atomic E-state index is 10.6. The van der Waals surface area contributed by atoms with Gasteiger partial charge in [0.1, 0.15) is 6.07 Å². The Labute approximate surface area is 277 Å². The van der Waals surface area contributed by atoms with Crippen LogP contribution in [0.5, 0.6) is 0 Å². The molecule has 222 valence electrons. The van der Waals surface area contributed by atoms with Crippen molar-refractivity contribution in [1.29, 1.82) is 10.5 Å². The normalized spacial score (nSPS) is 11.3. The Kier molecular flexibility index (Phi) is 6.22. The summed E-state index contributed by atoms with van der Waals surface area (Å²) in [4.78, 5) is 0. The molecular formula is C44H26N4. The fraction of sp³-hybridized carbons (Fsp3) is 0. The number of hydrogen-bond acceptors (Lipinski definition) is 2. The van der Waals surface area contributed by atoms with Crippen LogP contribution in [0.25, 0.3) is 77.2 Å². The second-order valence-corrected chi connectivity index (χ2v) is 11.9. The van der Waals surface area contributed by atoms with Gasteiger partial charge in [0.15, 0.2) is 0 Å². The van der Waals surface area contributed by atoms with Gasteiger partial charge in [-0.3, -0.25) is 0 Å². The van der Waals surface area contributed by atoms with Gasteiger partial charge in [0, 0.05) is 32.7 Å². The summed E-state index contributed by atoms with van der Waals surface area (Å²) in [5.41, 5.74) is 11.4. The van der Waals surface area contributed by atoms with E-state index in [-0.39, 0.29) is 0 Å². The third kappa shape index (κ3) is 4.01. The monoisotopic (exact) mass is 610 g/mol. The Morgan fingerprint density at radius 3 is 1.65 bits per heavy atom. The molecule has 4 heteroatoms. The molecular weight excluding hydrogens is 585 g/mol. The first kappa shape index (κ1) is 27.4. The van der Waals surface area contributed by atoms with Gasteiger partial charge >= 0.3 is 0 Å². The molecule has 0 radical (unpaired) electrons. The molecule has 0 bridgehead atoms. The molecule has 0 unspecified atom stereocenters. The van der Waals surface area contributed by atoms with Crippen LogP contribution >= 0.6 is 0 Å². The molecule has 0 spiro atoms. The van der Waals surface area contributed by atoms with Gasteiger partial charge in [-0.2, -0.15) is 10.5 Å². The molecule has 0 amide bonds. The van der Waals surface area contributed by atoms with E-state index in [1.807, 2.05) is 48.5 Å². The van der Waals surface area contributed by atoms with Crippen LogP contribution < -0.4 is 0 Å². The van der Waals surface area contributed by atoms with Gasteiger partial charge in [-0.15, -0.1) is 0 Å². The minimum atomic E-state index is 0.570. The predicted molar refractivity (Wildman–Crippen MR) is 195 cm³/mol. The van der Waals surface area contributed by atoms with Crippen LogP contribution in [-0.4, -0.2) is 9.13 Å². The summed E-state index contributed by atoms with van der Waals surface area (Å²) in [6, 6.07) is 59.0. The molecule has 0 aliphatic rings. The van der Waals surface area contributed by atoms with Crippen LogP contribution in [0.2, 0.25) is 0 Å². The Balaban J connectivity index is 1.43. The number of nitrogens with zero attached hydrogens (tertiary/aromatic N) is 4. The minimum absolute atomic E-state index is 0.570. The number of rotatable bonds is 4. The van der Waals surface area contributed by atoms with Crippen LogP contribution in [-0.2, 0) is 0 Å². The molecule has 2 heterocycles. The first-order valence-electron chi connectivity index (χ1n) is 15.9. The van der Waals surface area contributed by atoms with Gasteiger partial charge in [-0.05, 0) is 59.7 Å². The molecule has 4 nitrogen and oxygen atoms in total. The number of fused-ring (bicyclic) bond motifs is 6. The fourth-order valence-electron chi connectivity index (χ4n) is 7.42. The molecule has 0 N–H and O–H groups in total. The molecule has 0 saturated carbocycles. The first-order valence-corrected chi connectivity index (χ1v) is 15.9. The average Bonchev–Trinajstić information content (AvgIpc) is 3.67. The zero-order valence-corrected chi connectivity index (χ0v) is 25.8. The fourth-order valence-corrected chi connectivity index (χ4v) is 7.42. The van der Waals surface area contributed by atoms with E-state index in [4.69, 9.17) is 0 Å². The van der Waals surface area contributed by atoms with Crippen molar-refractivity contribution < 1.29 is 0 Å². The zero-order chi connectivity index (χ0) is 32.2. The minimum Gasteiger partial charge on any atom is -0.309 e. The molecule has 0 fully saturated rings. The Bertz CT molecular complexity index is 2750. The lowest BCUT2D eigenvalue weighted by Crippen LogP contribution is -2.03. The van der Waals surface area contributed by atoms with E-state index >= 15 is 0 Å². The smallest absolute Gasteiger partial charge is 0.101 e. The molecule has 9 aromatic rings. The largest absolute Gasteiger partial charge is 0.309 e. The number of nitriles is 2. The molecule has 2 aromatic heterocycles. The Morgan fingerprint density at radius 2 is 0.979 bits per heavy atom. The number of aromatic nitrogens is 2. The lowest BCUT2D eigenvalue weighted by molar-refractivity contribution is 1.16. The highest BCUT2D eigenvalue weighted by Gasteiger charge is 2.23. The number of para-hydroxylation sites is 4. The SMILES string of the molecule is N#Cc1ccc2c(c1)c1ccccc1n2-c1c(C#N)cccc1-c1cccc(-n2c3ccccc3c3ccccc32)c1-c1ccccc1. The summed E-state index contributed by atoms with van der Waals surface area (Å²) >= 11 is 0. The number of benzene rings is 7. The molecule has 48 heavy (non-hydrogen) atoms. The third-order valence-corrected chi connectivity index (χ3v) is 9.40. The summed E-state index contributed by atoms with van der Waals surface area (Å²) in [7, 11) is 0. The van der Waals surface area contributed by atoms with E-state index < -0.39 is 0 Å². The quantitative estimate of drug-likeness (QED) is 0.199. The highest BCUT2D eigenvalue weighted by Crippen LogP contribution is 2.44. The van der Waals surface area contributed by atoms with Crippen molar-refractivity contribution >= 4 is 43.6 Å². The van der Waals surface area contributed by atoms with Crippen LogP contribution in [0.3, 0.4) is 0 Å². The summed E-state index contributed by atoms with van der Waals surface area (Å²) < 4.78 is 4.57. The van der Waals surface area contributed by atoms with Gasteiger partial charge in [-0.1, -0.05) is 109 Å². The van der Waals surface area contributed by atoms with E-state index in [9.17, 15) is 10.5 Å². The first-order chi connectivity index (χ1) is 23.8. The van der Waals surface area contributed by atoms with Gasteiger partial charge in [-0.25, -0.2) is 0 Å². The predicted octanol–water partition coefficient (Wildman–Crippen LogP) is 11.0. The maximum Gasteiger partial charge on any atom is 0.101 e. The van der Waals surface area contributed by atoms with Gasteiger partial charge in [0.2, 0.25) is 0 Å². The maximum atomic E-state index is 10.6. The van der Waals surface area contributed by atoms with Crippen molar-refractivity contribution in [3.63, 3.8) is 0 Å². The van der Waals surface area contributed by atoms with Crippen LogP contribution in [0.4, 0.5) is 0 Å².